The lowest BCUT2D eigenvalue weighted by molar-refractivity contribution is -0.125. The molecule has 0 bridgehead atoms. The second-order valence-electron chi connectivity index (χ2n) is 6.82. The number of amides is 3. The van der Waals surface area contributed by atoms with Crippen molar-refractivity contribution in [2.75, 3.05) is 19.6 Å². The smallest absolute Gasteiger partial charge is 0.321 e. The van der Waals surface area contributed by atoms with Crippen LogP contribution in [0.2, 0.25) is 0 Å². The van der Waals surface area contributed by atoms with Gasteiger partial charge in [0.1, 0.15) is 5.82 Å². The summed E-state index contributed by atoms with van der Waals surface area (Å²) < 4.78 is 18.5. The number of halogens is 1. The third-order valence-electron chi connectivity index (χ3n) is 4.85. The predicted octanol–water partition coefficient (Wildman–Crippen LogP) is 2.29. The lowest BCUT2D eigenvalue weighted by atomic mass is 9.96. The minimum absolute atomic E-state index is 0.00448. The van der Waals surface area contributed by atoms with Gasteiger partial charge >= 0.3 is 6.03 Å². The standard InChI is InChI=1S/C19H24FN5O3/c1-3-21-19(27)23-17(26)12(2)25-10-4-5-14(11-25)18-22-16(24-28-18)13-6-8-15(20)9-7-13/h6-9,12,14H,3-5,10-11H2,1-2H3,(H2,21,23,26,27). The highest BCUT2D eigenvalue weighted by Gasteiger charge is 2.31. The van der Waals surface area contributed by atoms with E-state index in [1.807, 2.05) is 4.90 Å². The summed E-state index contributed by atoms with van der Waals surface area (Å²) in [5, 5.41) is 8.89. The number of aromatic nitrogens is 2. The third kappa shape index (κ3) is 4.72. The Hall–Kier alpha value is -2.81. The first-order valence-corrected chi connectivity index (χ1v) is 9.40. The first kappa shape index (κ1) is 19.9. The van der Waals surface area contributed by atoms with Crippen molar-refractivity contribution >= 4 is 11.9 Å². The van der Waals surface area contributed by atoms with Crippen molar-refractivity contribution in [3.63, 3.8) is 0 Å². The van der Waals surface area contributed by atoms with Crippen LogP contribution in [0.25, 0.3) is 11.4 Å². The molecule has 2 atom stereocenters. The topological polar surface area (TPSA) is 100 Å². The number of carbonyl (C=O) groups is 2. The quantitative estimate of drug-likeness (QED) is 0.814. The molecule has 2 N–H and O–H groups in total. The Morgan fingerprint density at radius 2 is 2.11 bits per heavy atom. The summed E-state index contributed by atoms with van der Waals surface area (Å²) in [6.07, 6.45) is 1.74. The Morgan fingerprint density at radius 1 is 1.36 bits per heavy atom. The minimum Gasteiger partial charge on any atom is -0.339 e. The van der Waals surface area contributed by atoms with Crippen molar-refractivity contribution in [1.82, 2.24) is 25.7 Å². The number of likely N-dealkylation sites (tertiary alicyclic amines) is 1. The van der Waals surface area contributed by atoms with Crippen LogP contribution >= 0.6 is 0 Å². The number of rotatable bonds is 5. The van der Waals surface area contributed by atoms with Crippen LogP contribution in [0, 0.1) is 5.82 Å². The van der Waals surface area contributed by atoms with Gasteiger partial charge in [-0.05, 0) is 57.5 Å². The van der Waals surface area contributed by atoms with E-state index in [9.17, 15) is 14.0 Å². The average molecular weight is 389 g/mol. The van der Waals surface area contributed by atoms with Crippen molar-refractivity contribution in [3.8, 4) is 11.4 Å². The first-order chi connectivity index (χ1) is 13.5. The van der Waals surface area contributed by atoms with Crippen LogP contribution in [0.3, 0.4) is 0 Å². The van der Waals surface area contributed by atoms with Crippen molar-refractivity contribution in [2.45, 2.75) is 38.6 Å². The van der Waals surface area contributed by atoms with E-state index in [1.54, 1.807) is 26.0 Å². The van der Waals surface area contributed by atoms with Gasteiger partial charge in [-0.3, -0.25) is 15.0 Å². The Balaban J connectivity index is 1.64. The van der Waals surface area contributed by atoms with E-state index < -0.39 is 12.1 Å². The van der Waals surface area contributed by atoms with Crippen LogP contribution in [-0.4, -0.2) is 52.7 Å². The largest absolute Gasteiger partial charge is 0.339 e. The van der Waals surface area contributed by atoms with Gasteiger partial charge in [0, 0.05) is 18.7 Å². The van der Waals surface area contributed by atoms with Gasteiger partial charge in [0.25, 0.3) is 0 Å². The monoisotopic (exact) mass is 389 g/mol. The van der Waals surface area contributed by atoms with E-state index in [0.29, 0.717) is 30.4 Å². The summed E-state index contributed by atoms with van der Waals surface area (Å²) in [5.41, 5.74) is 0.679. The number of carbonyl (C=O) groups excluding carboxylic acids is 2. The average Bonchev–Trinajstić information content (AvgIpc) is 3.18. The maximum Gasteiger partial charge on any atom is 0.321 e. The summed E-state index contributed by atoms with van der Waals surface area (Å²) in [7, 11) is 0. The zero-order chi connectivity index (χ0) is 20.1. The van der Waals surface area contributed by atoms with Crippen LogP contribution in [0.15, 0.2) is 28.8 Å². The molecule has 1 aromatic heterocycles. The van der Waals surface area contributed by atoms with E-state index >= 15 is 0 Å². The SMILES string of the molecule is CCNC(=O)NC(=O)C(C)N1CCCC(c2nc(-c3ccc(F)cc3)no2)C1. The van der Waals surface area contributed by atoms with Crippen molar-refractivity contribution < 1.29 is 18.5 Å². The van der Waals surface area contributed by atoms with Crippen molar-refractivity contribution in [1.29, 1.82) is 0 Å². The molecule has 1 saturated heterocycles. The Morgan fingerprint density at radius 3 is 2.82 bits per heavy atom. The molecule has 0 saturated carbocycles. The van der Waals surface area contributed by atoms with Gasteiger partial charge in [0.05, 0.1) is 12.0 Å². The number of urea groups is 1. The number of piperidine rings is 1. The van der Waals surface area contributed by atoms with E-state index in [2.05, 4.69) is 20.8 Å². The second kappa shape index (κ2) is 8.92. The zero-order valence-corrected chi connectivity index (χ0v) is 15.9. The molecule has 0 aliphatic carbocycles. The molecule has 150 valence electrons. The lowest BCUT2D eigenvalue weighted by Crippen LogP contribution is -2.51. The van der Waals surface area contributed by atoms with Gasteiger partial charge in [-0.1, -0.05) is 5.16 Å². The molecule has 1 fully saturated rings. The van der Waals surface area contributed by atoms with Gasteiger partial charge in [-0.2, -0.15) is 4.98 Å². The molecule has 2 aromatic rings. The Bertz CT molecular complexity index is 823. The van der Waals surface area contributed by atoms with Gasteiger partial charge in [-0.15, -0.1) is 0 Å². The minimum atomic E-state index is -0.492. The number of imide groups is 1. The number of nitrogens with one attached hydrogen (secondary N) is 2. The number of nitrogens with zero attached hydrogens (tertiary/aromatic N) is 3. The summed E-state index contributed by atoms with van der Waals surface area (Å²) in [6, 6.07) is 4.96. The number of benzene rings is 1. The molecule has 0 radical (unpaired) electrons. The zero-order valence-electron chi connectivity index (χ0n) is 15.9. The molecule has 2 heterocycles. The molecular weight excluding hydrogens is 365 g/mol. The molecule has 2 unspecified atom stereocenters. The van der Waals surface area contributed by atoms with Crippen LogP contribution in [0.4, 0.5) is 9.18 Å². The van der Waals surface area contributed by atoms with Gasteiger partial charge < -0.3 is 9.84 Å². The third-order valence-corrected chi connectivity index (χ3v) is 4.85. The maximum atomic E-state index is 13.1. The molecule has 1 aliphatic heterocycles. The number of hydrogen-bond donors (Lipinski definition) is 2. The lowest BCUT2D eigenvalue weighted by Gasteiger charge is -2.34. The van der Waals surface area contributed by atoms with E-state index in [4.69, 9.17) is 4.52 Å². The Kier molecular flexibility index (Phi) is 6.35. The van der Waals surface area contributed by atoms with Crippen LogP contribution < -0.4 is 10.6 Å². The fraction of sp³-hybridized carbons (Fsp3) is 0.474. The predicted molar refractivity (Wildman–Crippen MR) is 99.9 cm³/mol. The second-order valence-corrected chi connectivity index (χ2v) is 6.82. The summed E-state index contributed by atoms with van der Waals surface area (Å²) >= 11 is 0. The molecule has 0 spiro atoms. The Labute approximate surface area is 162 Å². The number of hydrogen-bond acceptors (Lipinski definition) is 6. The fourth-order valence-electron chi connectivity index (χ4n) is 3.26. The van der Waals surface area contributed by atoms with Crippen LogP contribution in [-0.2, 0) is 4.79 Å². The molecule has 3 rings (SSSR count). The molecule has 9 heteroatoms. The highest BCUT2D eigenvalue weighted by atomic mass is 19.1. The first-order valence-electron chi connectivity index (χ1n) is 9.40. The molecule has 8 nitrogen and oxygen atoms in total. The molecule has 3 amide bonds. The van der Waals surface area contributed by atoms with E-state index in [0.717, 1.165) is 19.4 Å². The van der Waals surface area contributed by atoms with Crippen LogP contribution in [0.5, 0.6) is 0 Å². The van der Waals surface area contributed by atoms with Crippen molar-refractivity contribution in [3.05, 3.63) is 36.0 Å². The van der Waals surface area contributed by atoms with Gasteiger partial charge in [0.15, 0.2) is 0 Å². The van der Waals surface area contributed by atoms with Crippen LogP contribution in [0.1, 0.15) is 38.5 Å². The maximum absolute atomic E-state index is 13.1. The van der Waals surface area contributed by atoms with E-state index in [-0.39, 0.29) is 17.6 Å². The highest BCUT2D eigenvalue weighted by Crippen LogP contribution is 2.28. The molecule has 1 aliphatic rings. The highest BCUT2D eigenvalue weighted by molar-refractivity contribution is 5.96. The van der Waals surface area contributed by atoms with Crippen molar-refractivity contribution in [2.24, 2.45) is 0 Å². The molecular formula is C19H24FN5O3. The van der Waals surface area contributed by atoms with Gasteiger partial charge in [0.2, 0.25) is 17.6 Å². The summed E-state index contributed by atoms with van der Waals surface area (Å²) in [4.78, 5) is 30.3. The normalized spacial score (nSPS) is 18.5. The molecule has 28 heavy (non-hydrogen) atoms. The fourth-order valence-corrected chi connectivity index (χ4v) is 3.26. The molecule has 1 aromatic carbocycles. The summed E-state index contributed by atoms with van der Waals surface area (Å²) in [5.74, 6) is 0.240. The van der Waals surface area contributed by atoms with Gasteiger partial charge in [-0.25, -0.2) is 9.18 Å². The summed E-state index contributed by atoms with van der Waals surface area (Å²) in [6.45, 7) is 5.34. The van der Waals surface area contributed by atoms with E-state index in [1.165, 1.54) is 12.1 Å².